The molecule has 4 nitrogen and oxygen atoms in total. The fraction of sp³-hybridized carbons (Fsp3) is 0.294. The van der Waals surface area contributed by atoms with Gasteiger partial charge in [-0.05, 0) is 48.4 Å². The quantitative estimate of drug-likeness (QED) is 0.598. The predicted octanol–water partition coefficient (Wildman–Crippen LogP) is 4.66. The van der Waals surface area contributed by atoms with E-state index in [0.29, 0.717) is 22.2 Å². The molecule has 0 bridgehead atoms. The van der Waals surface area contributed by atoms with E-state index in [2.05, 4.69) is 0 Å². The zero-order chi connectivity index (χ0) is 18.4. The molecule has 1 atom stereocenters. The molecule has 0 aromatic heterocycles. The molecule has 0 fully saturated rings. The Morgan fingerprint density at radius 3 is 2.40 bits per heavy atom. The molecule has 25 heavy (non-hydrogen) atoms. The van der Waals surface area contributed by atoms with Crippen molar-refractivity contribution in [2.75, 3.05) is 19.5 Å². The van der Waals surface area contributed by atoms with E-state index in [0.717, 1.165) is 11.8 Å². The predicted molar refractivity (Wildman–Crippen MR) is 96.5 cm³/mol. The minimum absolute atomic E-state index is 0.0625. The average Bonchev–Trinajstić information content (AvgIpc) is 2.52. The first-order valence-corrected chi connectivity index (χ1v) is 9.99. The number of ether oxygens (including phenoxy) is 1. The zero-order valence-corrected chi connectivity index (χ0v) is 15.7. The van der Waals surface area contributed by atoms with E-state index in [1.165, 1.54) is 24.3 Å². The maximum Gasteiger partial charge on any atom is 0.264 e. The number of rotatable bonds is 8. The first-order valence-electron chi connectivity index (χ1n) is 7.42. The normalized spacial score (nSPS) is 12.8. The maximum atomic E-state index is 12.9. The second-order valence-corrected chi connectivity index (χ2v) is 7.93. The topological polar surface area (TPSA) is 52.6 Å². The van der Waals surface area contributed by atoms with E-state index in [1.54, 1.807) is 18.2 Å². The molecular formula is C17H17Cl2FO4S. The summed E-state index contributed by atoms with van der Waals surface area (Å²) in [6.45, 7) is 0.218. The molecule has 0 aliphatic heterocycles. The SMILES string of the molecule is CS(=O)(=O)OC[C@H](CCOc1ccc(F)cc1)c1ccc(Cl)cc1Cl. The van der Waals surface area contributed by atoms with Crippen LogP contribution in [0, 0.1) is 5.82 Å². The first-order chi connectivity index (χ1) is 11.7. The van der Waals surface area contributed by atoms with Gasteiger partial charge in [0.05, 0.1) is 19.5 Å². The lowest BCUT2D eigenvalue weighted by Gasteiger charge is -2.18. The monoisotopic (exact) mass is 406 g/mol. The third-order valence-electron chi connectivity index (χ3n) is 3.43. The summed E-state index contributed by atoms with van der Waals surface area (Å²) in [5.74, 6) is -0.133. The Hall–Kier alpha value is -1.34. The van der Waals surface area contributed by atoms with Crippen LogP contribution < -0.4 is 4.74 Å². The second kappa shape index (κ2) is 8.85. The summed E-state index contributed by atoms with van der Waals surface area (Å²) in [6.07, 6.45) is 1.44. The molecule has 0 aliphatic rings. The van der Waals surface area contributed by atoms with Gasteiger partial charge in [-0.1, -0.05) is 29.3 Å². The van der Waals surface area contributed by atoms with Gasteiger partial charge in [0.15, 0.2) is 0 Å². The Labute approximate surface area is 156 Å². The average molecular weight is 407 g/mol. The standard InChI is InChI=1S/C17H17Cl2FO4S/c1-25(21,22)24-11-12(16-7-2-13(18)10-17(16)19)8-9-23-15-5-3-14(20)4-6-15/h2-7,10,12H,8-9,11H2,1H3/t12-/m0/s1. The molecule has 0 radical (unpaired) electrons. The van der Waals surface area contributed by atoms with Gasteiger partial charge >= 0.3 is 0 Å². The lowest BCUT2D eigenvalue weighted by atomic mass is 9.97. The van der Waals surface area contributed by atoms with Crippen molar-refractivity contribution in [2.24, 2.45) is 0 Å². The van der Waals surface area contributed by atoms with Gasteiger partial charge in [0.2, 0.25) is 0 Å². The lowest BCUT2D eigenvalue weighted by Crippen LogP contribution is -2.15. The van der Waals surface area contributed by atoms with Crippen molar-refractivity contribution in [3.05, 3.63) is 63.9 Å². The Balaban J connectivity index is 2.06. The summed E-state index contributed by atoms with van der Waals surface area (Å²) in [6, 6.07) is 10.6. The molecule has 0 saturated carbocycles. The molecule has 2 aromatic carbocycles. The molecule has 0 aliphatic carbocycles. The van der Waals surface area contributed by atoms with Crippen LogP contribution in [-0.4, -0.2) is 27.9 Å². The van der Waals surface area contributed by atoms with Gasteiger partial charge in [-0.25, -0.2) is 4.39 Å². The molecular weight excluding hydrogens is 390 g/mol. The highest BCUT2D eigenvalue weighted by Gasteiger charge is 2.18. The van der Waals surface area contributed by atoms with Crippen LogP contribution in [0.15, 0.2) is 42.5 Å². The van der Waals surface area contributed by atoms with Crippen molar-refractivity contribution in [2.45, 2.75) is 12.3 Å². The maximum absolute atomic E-state index is 12.9. The second-order valence-electron chi connectivity index (χ2n) is 5.44. The molecule has 0 amide bonds. The highest BCUT2D eigenvalue weighted by atomic mass is 35.5. The van der Waals surface area contributed by atoms with E-state index < -0.39 is 10.1 Å². The number of halogens is 3. The van der Waals surface area contributed by atoms with Crippen LogP contribution in [0.4, 0.5) is 4.39 Å². The fourth-order valence-electron chi connectivity index (χ4n) is 2.22. The third-order valence-corrected chi connectivity index (χ3v) is 4.56. The van der Waals surface area contributed by atoms with E-state index in [-0.39, 0.29) is 24.9 Å². The Bertz CT molecular complexity index is 810. The van der Waals surface area contributed by atoms with Crippen molar-refractivity contribution >= 4 is 33.3 Å². The lowest BCUT2D eigenvalue weighted by molar-refractivity contribution is 0.248. The van der Waals surface area contributed by atoms with Gasteiger partial charge in [0.1, 0.15) is 11.6 Å². The minimum atomic E-state index is -3.58. The molecule has 0 N–H and O–H groups in total. The van der Waals surface area contributed by atoms with Crippen LogP contribution in [0.3, 0.4) is 0 Å². The van der Waals surface area contributed by atoms with Gasteiger partial charge in [0, 0.05) is 16.0 Å². The van der Waals surface area contributed by atoms with Gasteiger partial charge in [0.25, 0.3) is 10.1 Å². The van der Waals surface area contributed by atoms with Crippen molar-refractivity contribution < 1.29 is 21.7 Å². The van der Waals surface area contributed by atoms with Crippen LogP contribution in [0.5, 0.6) is 5.75 Å². The van der Waals surface area contributed by atoms with Crippen LogP contribution in [-0.2, 0) is 14.3 Å². The summed E-state index contributed by atoms with van der Waals surface area (Å²) in [5, 5.41) is 0.912. The van der Waals surface area contributed by atoms with Crippen LogP contribution in [0.2, 0.25) is 10.0 Å². The van der Waals surface area contributed by atoms with E-state index >= 15 is 0 Å². The zero-order valence-electron chi connectivity index (χ0n) is 13.4. The first kappa shape index (κ1) is 20.0. The summed E-state index contributed by atoms with van der Waals surface area (Å²) < 4.78 is 46.0. The number of hydrogen-bond donors (Lipinski definition) is 0. The summed E-state index contributed by atoms with van der Waals surface area (Å²) in [7, 11) is -3.58. The highest BCUT2D eigenvalue weighted by molar-refractivity contribution is 7.85. The van der Waals surface area contributed by atoms with Gasteiger partial charge in [-0.3, -0.25) is 4.18 Å². The summed E-state index contributed by atoms with van der Waals surface area (Å²) in [5.41, 5.74) is 0.720. The molecule has 0 unspecified atom stereocenters. The van der Waals surface area contributed by atoms with E-state index in [1.807, 2.05) is 0 Å². The summed E-state index contributed by atoms with van der Waals surface area (Å²) in [4.78, 5) is 0. The van der Waals surface area contributed by atoms with Crippen LogP contribution >= 0.6 is 23.2 Å². The third kappa shape index (κ3) is 6.82. The molecule has 2 aromatic rings. The van der Waals surface area contributed by atoms with Crippen molar-refractivity contribution in [3.63, 3.8) is 0 Å². The highest BCUT2D eigenvalue weighted by Crippen LogP contribution is 2.30. The molecule has 136 valence electrons. The Morgan fingerprint density at radius 2 is 1.80 bits per heavy atom. The van der Waals surface area contributed by atoms with E-state index in [9.17, 15) is 12.8 Å². The largest absolute Gasteiger partial charge is 0.494 e. The summed E-state index contributed by atoms with van der Waals surface area (Å²) >= 11 is 12.1. The van der Waals surface area contributed by atoms with Gasteiger partial charge in [-0.2, -0.15) is 8.42 Å². The van der Waals surface area contributed by atoms with Gasteiger partial charge < -0.3 is 4.74 Å². The molecule has 0 heterocycles. The van der Waals surface area contributed by atoms with Crippen LogP contribution in [0.25, 0.3) is 0 Å². The Kier molecular flexibility index (Phi) is 7.07. The minimum Gasteiger partial charge on any atom is -0.494 e. The smallest absolute Gasteiger partial charge is 0.264 e. The van der Waals surface area contributed by atoms with Crippen molar-refractivity contribution in [3.8, 4) is 5.75 Å². The van der Waals surface area contributed by atoms with Gasteiger partial charge in [-0.15, -0.1) is 0 Å². The molecule has 8 heteroatoms. The molecule has 0 spiro atoms. The van der Waals surface area contributed by atoms with Crippen molar-refractivity contribution in [1.29, 1.82) is 0 Å². The van der Waals surface area contributed by atoms with E-state index in [4.69, 9.17) is 32.1 Å². The number of benzene rings is 2. The van der Waals surface area contributed by atoms with Crippen molar-refractivity contribution in [1.82, 2.24) is 0 Å². The Morgan fingerprint density at radius 1 is 1.12 bits per heavy atom. The molecule has 0 saturated heterocycles. The van der Waals surface area contributed by atoms with Crippen LogP contribution in [0.1, 0.15) is 17.9 Å². The fourth-order valence-corrected chi connectivity index (χ4v) is 3.19. The molecule has 2 rings (SSSR count). The number of hydrogen-bond acceptors (Lipinski definition) is 4.